The largest absolute Gasteiger partial charge is 0.368 e. The number of piperazine rings is 1. The van der Waals surface area contributed by atoms with Crippen LogP contribution in [-0.2, 0) is 0 Å². The highest BCUT2D eigenvalue weighted by Gasteiger charge is 2.21. The maximum absolute atomic E-state index is 12.5. The lowest BCUT2D eigenvalue weighted by molar-refractivity contribution is 0.0933. The lowest BCUT2D eigenvalue weighted by Gasteiger charge is -2.37. The fourth-order valence-electron chi connectivity index (χ4n) is 3.97. The first-order valence-corrected chi connectivity index (χ1v) is 10.1. The van der Waals surface area contributed by atoms with Gasteiger partial charge in [-0.25, -0.2) is 0 Å². The van der Waals surface area contributed by atoms with Gasteiger partial charge in [-0.3, -0.25) is 9.78 Å². The number of nitrogens with zero attached hydrogens (tertiary/aromatic N) is 3. The van der Waals surface area contributed by atoms with Crippen LogP contribution in [0, 0.1) is 0 Å². The van der Waals surface area contributed by atoms with Crippen LogP contribution in [0.4, 0.5) is 11.4 Å². The molecule has 0 bridgehead atoms. The molecule has 1 N–H and O–H groups in total. The summed E-state index contributed by atoms with van der Waals surface area (Å²) in [6.07, 6.45) is 6.31. The van der Waals surface area contributed by atoms with E-state index in [1.165, 1.54) is 12.8 Å². The lowest BCUT2D eigenvalue weighted by Crippen LogP contribution is -2.46. The number of amides is 1. The van der Waals surface area contributed by atoms with Crippen molar-refractivity contribution in [1.82, 2.24) is 10.3 Å². The van der Waals surface area contributed by atoms with Crippen LogP contribution in [0.3, 0.4) is 0 Å². The van der Waals surface area contributed by atoms with Crippen LogP contribution in [0.1, 0.15) is 36.2 Å². The van der Waals surface area contributed by atoms with Gasteiger partial charge in [0.25, 0.3) is 5.91 Å². The van der Waals surface area contributed by atoms with Crippen molar-refractivity contribution in [1.29, 1.82) is 0 Å². The van der Waals surface area contributed by atoms with Gasteiger partial charge in [0.1, 0.15) is 5.69 Å². The van der Waals surface area contributed by atoms with E-state index in [0.717, 1.165) is 55.4 Å². The number of benzene rings is 1. The Morgan fingerprint density at radius 3 is 2.33 bits per heavy atom. The molecule has 0 radical (unpaired) electrons. The maximum atomic E-state index is 12.5. The SMILES string of the molecule is O=C(NC1CCCC1)c1cc(N2CCN(c3cccc(Cl)c3)CC2)ccn1. The van der Waals surface area contributed by atoms with Crippen molar-refractivity contribution in [3.63, 3.8) is 0 Å². The zero-order chi connectivity index (χ0) is 18.6. The fraction of sp³-hybridized carbons (Fsp3) is 0.429. The van der Waals surface area contributed by atoms with Crippen LogP contribution in [0.5, 0.6) is 0 Å². The smallest absolute Gasteiger partial charge is 0.270 e. The van der Waals surface area contributed by atoms with Crippen LogP contribution in [-0.4, -0.2) is 43.1 Å². The Kier molecular flexibility index (Phi) is 5.48. The topological polar surface area (TPSA) is 48.5 Å². The number of hydrogen-bond acceptors (Lipinski definition) is 4. The molecule has 142 valence electrons. The number of carbonyl (C=O) groups excluding carboxylic acids is 1. The van der Waals surface area contributed by atoms with E-state index >= 15 is 0 Å². The number of carbonyl (C=O) groups is 1. The van der Waals surface area contributed by atoms with Crippen molar-refractivity contribution in [3.05, 3.63) is 53.3 Å². The van der Waals surface area contributed by atoms with E-state index < -0.39 is 0 Å². The van der Waals surface area contributed by atoms with Gasteiger partial charge in [-0.05, 0) is 43.2 Å². The van der Waals surface area contributed by atoms with Gasteiger partial charge in [0, 0.05) is 54.8 Å². The number of rotatable bonds is 4. The van der Waals surface area contributed by atoms with Crippen LogP contribution in [0.2, 0.25) is 5.02 Å². The van der Waals surface area contributed by atoms with Crippen molar-refractivity contribution in [2.24, 2.45) is 0 Å². The van der Waals surface area contributed by atoms with Crippen molar-refractivity contribution < 1.29 is 4.79 Å². The lowest BCUT2D eigenvalue weighted by atomic mass is 10.2. The predicted molar refractivity (Wildman–Crippen MR) is 110 cm³/mol. The monoisotopic (exact) mass is 384 g/mol. The number of nitrogens with one attached hydrogen (secondary N) is 1. The molecule has 1 aliphatic heterocycles. The van der Waals surface area contributed by atoms with E-state index in [1.807, 2.05) is 30.3 Å². The van der Waals surface area contributed by atoms with Crippen molar-refractivity contribution in [3.8, 4) is 0 Å². The molecule has 4 rings (SSSR count). The zero-order valence-corrected chi connectivity index (χ0v) is 16.2. The minimum absolute atomic E-state index is 0.0543. The van der Waals surface area contributed by atoms with Crippen LogP contribution >= 0.6 is 11.6 Å². The number of anilines is 2. The van der Waals surface area contributed by atoms with E-state index in [4.69, 9.17) is 11.6 Å². The summed E-state index contributed by atoms with van der Waals surface area (Å²) in [6.45, 7) is 3.65. The van der Waals surface area contributed by atoms with Crippen molar-refractivity contribution in [2.75, 3.05) is 36.0 Å². The molecule has 1 saturated heterocycles. The molecule has 1 aromatic carbocycles. The van der Waals surface area contributed by atoms with Crippen molar-refractivity contribution >= 4 is 28.9 Å². The number of pyridine rings is 1. The Balaban J connectivity index is 1.39. The summed E-state index contributed by atoms with van der Waals surface area (Å²) in [5, 5.41) is 3.88. The molecule has 1 aromatic heterocycles. The van der Waals surface area contributed by atoms with E-state index in [0.29, 0.717) is 11.7 Å². The van der Waals surface area contributed by atoms with Gasteiger partial charge < -0.3 is 15.1 Å². The molecule has 27 heavy (non-hydrogen) atoms. The molecule has 5 nitrogen and oxygen atoms in total. The first-order chi connectivity index (χ1) is 13.2. The van der Waals surface area contributed by atoms with Crippen LogP contribution in [0.25, 0.3) is 0 Å². The average Bonchev–Trinajstić information content (AvgIpc) is 3.21. The van der Waals surface area contributed by atoms with Gasteiger partial charge in [-0.15, -0.1) is 0 Å². The molecule has 6 heteroatoms. The first kappa shape index (κ1) is 18.1. The third-order valence-corrected chi connectivity index (χ3v) is 5.72. The molecule has 2 aliphatic rings. The fourth-order valence-corrected chi connectivity index (χ4v) is 4.15. The Morgan fingerprint density at radius 1 is 1.00 bits per heavy atom. The second-order valence-electron chi connectivity index (χ2n) is 7.31. The Hall–Kier alpha value is -2.27. The molecule has 2 heterocycles. The molecule has 2 fully saturated rings. The van der Waals surface area contributed by atoms with Gasteiger partial charge in [0.2, 0.25) is 0 Å². The number of hydrogen-bond donors (Lipinski definition) is 1. The molecular weight excluding hydrogens is 360 g/mol. The molecule has 0 unspecified atom stereocenters. The number of halogens is 1. The van der Waals surface area contributed by atoms with Crippen LogP contribution in [0.15, 0.2) is 42.6 Å². The summed E-state index contributed by atoms with van der Waals surface area (Å²) < 4.78 is 0. The Bertz CT molecular complexity index is 798. The van der Waals surface area contributed by atoms with Crippen LogP contribution < -0.4 is 15.1 Å². The van der Waals surface area contributed by atoms with E-state index in [1.54, 1.807) is 6.20 Å². The molecular formula is C21H25ClN4O. The summed E-state index contributed by atoms with van der Waals surface area (Å²) in [5.41, 5.74) is 2.73. The van der Waals surface area contributed by atoms with E-state index in [-0.39, 0.29) is 5.91 Å². The Labute approximate surface area is 165 Å². The third-order valence-electron chi connectivity index (χ3n) is 5.48. The highest BCUT2D eigenvalue weighted by Crippen LogP contribution is 2.23. The minimum atomic E-state index is -0.0543. The summed E-state index contributed by atoms with van der Waals surface area (Å²) in [7, 11) is 0. The minimum Gasteiger partial charge on any atom is -0.368 e. The normalized spacial score (nSPS) is 18.0. The van der Waals surface area contributed by atoms with Gasteiger partial charge in [0.05, 0.1) is 0 Å². The van der Waals surface area contributed by atoms with Gasteiger partial charge in [-0.1, -0.05) is 30.5 Å². The van der Waals surface area contributed by atoms with E-state index in [2.05, 4.69) is 26.2 Å². The van der Waals surface area contributed by atoms with Crippen molar-refractivity contribution in [2.45, 2.75) is 31.7 Å². The second-order valence-corrected chi connectivity index (χ2v) is 7.74. The molecule has 0 atom stereocenters. The highest BCUT2D eigenvalue weighted by atomic mass is 35.5. The first-order valence-electron chi connectivity index (χ1n) is 9.71. The second kappa shape index (κ2) is 8.17. The quantitative estimate of drug-likeness (QED) is 0.872. The zero-order valence-electron chi connectivity index (χ0n) is 15.4. The standard InChI is InChI=1S/C21H25ClN4O/c22-16-4-3-7-18(14-16)25-10-12-26(13-11-25)19-8-9-23-20(15-19)21(27)24-17-5-1-2-6-17/h3-4,7-9,14-15,17H,1-2,5-6,10-13H2,(H,24,27). The van der Waals surface area contributed by atoms with Gasteiger partial charge >= 0.3 is 0 Å². The summed E-state index contributed by atoms with van der Waals surface area (Å²) in [4.78, 5) is 21.4. The molecule has 1 aliphatic carbocycles. The average molecular weight is 385 g/mol. The predicted octanol–water partition coefficient (Wildman–Crippen LogP) is 3.73. The molecule has 2 aromatic rings. The summed E-state index contributed by atoms with van der Waals surface area (Å²) in [6, 6.07) is 12.2. The number of aromatic nitrogens is 1. The highest BCUT2D eigenvalue weighted by molar-refractivity contribution is 6.30. The molecule has 0 spiro atoms. The maximum Gasteiger partial charge on any atom is 0.270 e. The third kappa shape index (κ3) is 4.35. The molecule has 1 saturated carbocycles. The molecule has 1 amide bonds. The summed E-state index contributed by atoms with van der Waals surface area (Å²) >= 11 is 6.11. The van der Waals surface area contributed by atoms with Gasteiger partial charge in [-0.2, -0.15) is 0 Å². The van der Waals surface area contributed by atoms with E-state index in [9.17, 15) is 4.79 Å². The Morgan fingerprint density at radius 2 is 1.67 bits per heavy atom. The van der Waals surface area contributed by atoms with Gasteiger partial charge in [0.15, 0.2) is 0 Å². The summed E-state index contributed by atoms with van der Waals surface area (Å²) in [5.74, 6) is -0.0543.